The topological polar surface area (TPSA) is 67.4 Å². The van der Waals surface area contributed by atoms with E-state index in [2.05, 4.69) is 15.2 Å². The van der Waals surface area contributed by atoms with Crippen LogP contribution < -0.4 is 0 Å². The fourth-order valence-corrected chi connectivity index (χ4v) is 3.48. The van der Waals surface area contributed by atoms with E-state index >= 15 is 0 Å². The highest BCUT2D eigenvalue weighted by atomic mass is 19.3. The predicted molar refractivity (Wildman–Crippen MR) is 82.8 cm³/mol. The molecule has 0 bridgehead atoms. The molecular weight excluding hydrogens is 332 g/mol. The van der Waals surface area contributed by atoms with E-state index in [0.717, 1.165) is 17.1 Å². The van der Waals surface area contributed by atoms with E-state index in [0.29, 0.717) is 19.6 Å². The fraction of sp³-hybridized carbons (Fsp3) is 0.562. The zero-order chi connectivity index (χ0) is 17.6. The third-order valence-corrected chi connectivity index (χ3v) is 4.62. The summed E-state index contributed by atoms with van der Waals surface area (Å²) in [6.07, 6.45) is 1.87. The first-order valence-electron chi connectivity index (χ1n) is 8.22. The molecule has 1 fully saturated rings. The van der Waals surface area contributed by atoms with Crippen molar-refractivity contribution in [2.24, 2.45) is 0 Å². The van der Waals surface area contributed by atoms with Gasteiger partial charge in [0.15, 0.2) is 0 Å². The lowest BCUT2D eigenvalue weighted by atomic mass is 10.1. The number of nitrogens with zero attached hydrogens (tertiary/aromatic N) is 5. The molecule has 9 heteroatoms. The van der Waals surface area contributed by atoms with Gasteiger partial charge in [-0.25, -0.2) is 8.78 Å². The van der Waals surface area contributed by atoms with Gasteiger partial charge in [-0.3, -0.25) is 14.4 Å². The number of hydrogen-bond acceptors (Lipinski definition) is 5. The molecule has 2 aromatic rings. The Labute approximate surface area is 143 Å². The molecule has 1 saturated heterocycles. The Balaban J connectivity index is 1.44. The van der Waals surface area contributed by atoms with Crippen molar-refractivity contribution in [3.05, 3.63) is 35.5 Å². The summed E-state index contributed by atoms with van der Waals surface area (Å²) in [6.45, 7) is 2.79. The monoisotopic (exact) mass is 351 g/mol. The summed E-state index contributed by atoms with van der Waals surface area (Å²) in [5.74, 6) is -2.24. The molecule has 0 saturated carbocycles. The number of carbonyl (C=O) groups is 1. The van der Waals surface area contributed by atoms with Gasteiger partial charge in [0.05, 0.1) is 36.9 Å². The average Bonchev–Trinajstić information content (AvgIpc) is 3.13. The molecule has 1 amide bonds. The quantitative estimate of drug-likeness (QED) is 0.837. The molecule has 2 aromatic heterocycles. The summed E-state index contributed by atoms with van der Waals surface area (Å²) < 4.78 is 32.9. The molecule has 0 radical (unpaired) electrons. The van der Waals surface area contributed by atoms with Crippen LogP contribution in [0.4, 0.5) is 8.78 Å². The predicted octanol–water partition coefficient (Wildman–Crippen LogP) is 1.60. The lowest BCUT2D eigenvalue weighted by Gasteiger charge is -2.40. The number of carbonyl (C=O) groups excluding carboxylic acids is 1. The largest absolute Gasteiger partial charge is 0.361 e. The molecule has 4 rings (SSSR count). The number of aromatic nitrogens is 3. The number of aryl methyl sites for hydroxylation is 1. The normalized spacial score (nSPS) is 22.5. The van der Waals surface area contributed by atoms with Crippen LogP contribution in [0, 0.1) is 6.92 Å². The second kappa shape index (κ2) is 5.91. The van der Waals surface area contributed by atoms with Gasteiger partial charge in [-0.1, -0.05) is 5.16 Å². The number of hydrogen-bond donors (Lipinski definition) is 0. The Morgan fingerprint density at radius 1 is 1.44 bits per heavy atom. The van der Waals surface area contributed by atoms with Crippen molar-refractivity contribution in [1.29, 1.82) is 0 Å². The van der Waals surface area contributed by atoms with Crippen LogP contribution in [0.15, 0.2) is 22.9 Å². The van der Waals surface area contributed by atoms with Crippen molar-refractivity contribution in [3.8, 4) is 0 Å². The molecule has 0 N–H and O–H groups in total. The maximum absolute atomic E-state index is 13.0. The molecular formula is C16H19F2N5O2. The van der Waals surface area contributed by atoms with Crippen molar-refractivity contribution in [3.63, 3.8) is 0 Å². The van der Waals surface area contributed by atoms with Gasteiger partial charge in [-0.2, -0.15) is 5.10 Å². The number of alkyl halides is 2. The third kappa shape index (κ3) is 3.28. The van der Waals surface area contributed by atoms with Gasteiger partial charge >= 0.3 is 0 Å². The summed E-state index contributed by atoms with van der Waals surface area (Å²) in [4.78, 5) is 15.7. The lowest BCUT2D eigenvalue weighted by Crippen LogP contribution is -2.58. The zero-order valence-corrected chi connectivity index (χ0v) is 13.9. The van der Waals surface area contributed by atoms with Crippen LogP contribution in [0.1, 0.15) is 29.6 Å². The highest BCUT2D eigenvalue weighted by Gasteiger charge is 2.46. The summed E-state index contributed by atoms with van der Waals surface area (Å²) in [5.41, 5.74) is 1.83. The van der Waals surface area contributed by atoms with Crippen LogP contribution in [-0.4, -0.2) is 56.2 Å². The minimum absolute atomic E-state index is 0.166. The van der Waals surface area contributed by atoms with Crippen molar-refractivity contribution < 1.29 is 18.1 Å². The number of likely N-dealkylation sites (tertiary alicyclic amines) is 1. The van der Waals surface area contributed by atoms with Crippen LogP contribution in [0.5, 0.6) is 0 Å². The number of amides is 1. The lowest BCUT2D eigenvalue weighted by molar-refractivity contribution is -0.166. The Kier molecular flexibility index (Phi) is 3.82. The average molecular weight is 351 g/mol. The van der Waals surface area contributed by atoms with Crippen LogP contribution in [-0.2, 0) is 17.9 Å². The van der Waals surface area contributed by atoms with Gasteiger partial charge in [0.1, 0.15) is 5.76 Å². The van der Waals surface area contributed by atoms with Crippen LogP contribution in [0.25, 0.3) is 0 Å². The standard InChI is InChI=1S/C16H19F2N5O2/c1-11-4-12(20-25-11)6-21-7-13-2-3-19-23(13)14(8-21)5-15(24)22-9-16(17,18)10-22/h2-4,14H,5-10H2,1H3/t14-/m1/s1. The van der Waals surface area contributed by atoms with E-state index in [1.165, 1.54) is 4.90 Å². The Morgan fingerprint density at radius 3 is 2.92 bits per heavy atom. The molecule has 0 aliphatic carbocycles. The summed E-state index contributed by atoms with van der Waals surface area (Å²) in [7, 11) is 0. The first-order valence-corrected chi connectivity index (χ1v) is 8.22. The van der Waals surface area contributed by atoms with E-state index in [9.17, 15) is 13.6 Å². The van der Waals surface area contributed by atoms with Crippen LogP contribution in [0.3, 0.4) is 0 Å². The zero-order valence-electron chi connectivity index (χ0n) is 13.9. The first kappa shape index (κ1) is 16.2. The molecule has 0 unspecified atom stereocenters. The van der Waals surface area contributed by atoms with Crippen molar-refractivity contribution >= 4 is 5.91 Å². The highest BCUT2D eigenvalue weighted by Crippen LogP contribution is 2.30. The summed E-state index contributed by atoms with van der Waals surface area (Å²) in [6, 6.07) is 3.62. The van der Waals surface area contributed by atoms with E-state index in [-0.39, 0.29) is 18.4 Å². The van der Waals surface area contributed by atoms with Gasteiger partial charge in [-0.15, -0.1) is 0 Å². The fourth-order valence-electron chi connectivity index (χ4n) is 3.48. The Bertz CT molecular complexity index is 779. The number of fused-ring (bicyclic) bond motifs is 1. The molecule has 1 atom stereocenters. The molecule has 0 spiro atoms. The van der Waals surface area contributed by atoms with Gasteiger partial charge in [-0.05, 0) is 13.0 Å². The second-order valence-corrected chi connectivity index (χ2v) is 6.83. The summed E-state index contributed by atoms with van der Waals surface area (Å²) in [5, 5.41) is 8.31. The van der Waals surface area contributed by atoms with E-state index in [1.54, 1.807) is 6.20 Å². The summed E-state index contributed by atoms with van der Waals surface area (Å²) >= 11 is 0. The molecule has 2 aliphatic heterocycles. The van der Waals surface area contributed by atoms with Gasteiger partial charge in [0, 0.05) is 31.9 Å². The van der Waals surface area contributed by atoms with Crippen LogP contribution in [0.2, 0.25) is 0 Å². The molecule has 4 heterocycles. The molecule has 7 nitrogen and oxygen atoms in total. The highest BCUT2D eigenvalue weighted by molar-refractivity contribution is 5.77. The minimum Gasteiger partial charge on any atom is -0.361 e. The Hall–Kier alpha value is -2.29. The van der Waals surface area contributed by atoms with E-state index in [4.69, 9.17) is 4.52 Å². The minimum atomic E-state index is -2.74. The maximum atomic E-state index is 13.0. The molecule has 25 heavy (non-hydrogen) atoms. The Morgan fingerprint density at radius 2 is 2.24 bits per heavy atom. The smallest absolute Gasteiger partial charge is 0.282 e. The number of rotatable bonds is 4. The maximum Gasteiger partial charge on any atom is 0.282 e. The van der Waals surface area contributed by atoms with Crippen molar-refractivity contribution in [2.45, 2.75) is 38.4 Å². The van der Waals surface area contributed by atoms with Gasteiger partial charge < -0.3 is 9.42 Å². The van der Waals surface area contributed by atoms with Crippen molar-refractivity contribution in [1.82, 2.24) is 24.7 Å². The second-order valence-electron chi connectivity index (χ2n) is 6.83. The molecule has 134 valence electrons. The molecule has 0 aromatic carbocycles. The van der Waals surface area contributed by atoms with E-state index in [1.807, 2.05) is 23.7 Å². The van der Waals surface area contributed by atoms with Crippen LogP contribution >= 0.6 is 0 Å². The first-order chi connectivity index (χ1) is 11.9. The SMILES string of the molecule is Cc1cc(CN2Cc3ccnn3[C@H](CC(=O)N3CC(F)(F)C3)C2)no1. The van der Waals surface area contributed by atoms with Crippen molar-refractivity contribution in [2.75, 3.05) is 19.6 Å². The van der Waals surface area contributed by atoms with Gasteiger partial charge in [0.25, 0.3) is 5.92 Å². The third-order valence-electron chi connectivity index (χ3n) is 4.62. The molecule has 2 aliphatic rings. The number of halogens is 2. The van der Waals surface area contributed by atoms with E-state index < -0.39 is 19.0 Å². The van der Waals surface area contributed by atoms with Gasteiger partial charge in [0.2, 0.25) is 5.91 Å².